The highest BCUT2D eigenvalue weighted by Gasteiger charge is 2.29. The summed E-state index contributed by atoms with van der Waals surface area (Å²) >= 11 is 0. The van der Waals surface area contributed by atoms with E-state index in [1.807, 2.05) is 0 Å². The third-order valence-corrected chi connectivity index (χ3v) is 3.83. The third-order valence-electron chi connectivity index (χ3n) is 3.83. The van der Waals surface area contributed by atoms with E-state index in [-0.39, 0.29) is 0 Å². The molecule has 0 aromatic heterocycles. The first-order valence-corrected chi connectivity index (χ1v) is 7.09. The molecule has 1 saturated heterocycles. The van der Waals surface area contributed by atoms with E-state index in [2.05, 4.69) is 61.7 Å². The van der Waals surface area contributed by atoms with Crippen molar-refractivity contribution in [1.29, 1.82) is 0 Å². The van der Waals surface area contributed by atoms with E-state index in [1.54, 1.807) is 0 Å². The van der Waals surface area contributed by atoms with Gasteiger partial charge in [0.15, 0.2) is 0 Å². The maximum absolute atomic E-state index is 3.75. The lowest BCUT2D eigenvalue weighted by atomic mass is 9.81. The Labute approximate surface area is 111 Å². The Hall–Kier alpha value is -0.860. The van der Waals surface area contributed by atoms with Crippen LogP contribution in [-0.2, 0) is 6.54 Å². The zero-order chi connectivity index (χ0) is 13.0. The summed E-state index contributed by atoms with van der Waals surface area (Å²) in [6, 6.07) is 11.2. The number of hydrogen-bond acceptors (Lipinski definition) is 2. The molecule has 2 N–H and O–H groups in total. The summed E-state index contributed by atoms with van der Waals surface area (Å²) in [5.41, 5.74) is 1.71. The minimum absolute atomic E-state index is 0.354. The van der Waals surface area contributed by atoms with Crippen LogP contribution in [0.2, 0.25) is 0 Å². The van der Waals surface area contributed by atoms with Gasteiger partial charge in [-0.1, -0.05) is 51.1 Å². The van der Waals surface area contributed by atoms with Crippen molar-refractivity contribution < 1.29 is 0 Å². The van der Waals surface area contributed by atoms with Crippen molar-refractivity contribution in [1.82, 2.24) is 10.6 Å². The van der Waals surface area contributed by atoms with Crippen LogP contribution in [0.5, 0.6) is 0 Å². The summed E-state index contributed by atoms with van der Waals surface area (Å²) in [6.45, 7) is 7.92. The molecule has 2 atom stereocenters. The maximum Gasteiger partial charge on any atom is 0.0576 e. The predicted octanol–water partition coefficient (Wildman–Crippen LogP) is 3.29. The van der Waals surface area contributed by atoms with Gasteiger partial charge in [0.1, 0.15) is 0 Å². The molecule has 0 bridgehead atoms. The molecule has 18 heavy (non-hydrogen) atoms. The Morgan fingerprint density at radius 2 is 1.89 bits per heavy atom. The number of nitrogens with one attached hydrogen (secondary N) is 2. The lowest BCUT2D eigenvalue weighted by Crippen LogP contribution is -2.54. The fourth-order valence-corrected chi connectivity index (χ4v) is 2.62. The monoisotopic (exact) mass is 246 g/mol. The molecule has 0 saturated carbocycles. The minimum Gasteiger partial charge on any atom is -0.299 e. The molecule has 100 valence electrons. The van der Waals surface area contributed by atoms with E-state index < -0.39 is 0 Å². The van der Waals surface area contributed by atoms with Gasteiger partial charge in [-0.15, -0.1) is 0 Å². The zero-order valence-corrected chi connectivity index (χ0v) is 11.9. The summed E-state index contributed by atoms with van der Waals surface area (Å²) in [5, 5.41) is 7.38. The molecule has 0 spiro atoms. The van der Waals surface area contributed by atoms with Gasteiger partial charge < -0.3 is 0 Å². The van der Waals surface area contributed by atoms with Crippen LogP contribution in [0, 0.1) is 5.41 Å². The van der Waals surface area contributed by atoms with Crippen LogP contribution in [-0.4, -0.2) is 12.2 Å². The van der Waals surface area contributed by atoms with Gasteiger partial charge in [0.25, 0.3) is 0 Å². The average Bonchev–Trinajstić information content (AvgIpc) is 2.37. The Bertz CT molecular complexity index is 353. The SMILES string of the molecule is CC(C)(C)C1CCCC(NCc2ccccc2)N1. The van der Waals surface area contributed by atoms with Gasteiger partial charge in [0.05, 0.1) is 6.17 Å². The number of piperidine rings is 1. The molecule has 1 heterocycles. The molecule has 2 heteroatoms. The fourth-order valence-electron chi connectivity index (χ4n) is 2.62. The normalized spacial score (nSPS) is 25.1. The first-order chi connectivity index (χ1) is 8.55. The quantitative estimate of drug-likeness (QED) is 0.855. The van der Waals surface area contributed by atoms with Crippen molar-refractivity contribution in [2.45, 2.75) is 58.8 Å². The summed E-state index contributed by atoms with van der Waals surface area (Å²) in [7, 11) is 0. The van der Waals surface area contributed by atoms with Crippen LogP contribution in [0.4, 0.5) is 0 Å². The van der Waals surface area contributed by atoms with Crippen LogP contribution in [0.15, 0.2) is 30.3 Å². The van der Waals surface area contributed by atoms with Gasteiger partial charge in [-0.3, -0.25) is 10.6 Å². The van der Waals surface area contributed by atoms with Crippen LogP contribution in [0.3, 0.4) is 0 Å². The zero-order valence-electron chi connectivity index (χ0n) is 11.9. The topological polar surface area (TPSA) is 24.1 Å². The minimum atomic E-state index is 0.354. The highest BCUT2D eigenvalue weighted by molar-refractivity contribution is 5.14. The van der Waals surface area contributed by atoms with Crippen LogP contribution < -0.4 is 10.6 Å². The fraction of sp³-hybridized carbons (Fsp3) is 0.625. The molecule has 0 aliphatic carbocycles. The van der Waals surface area contributed by atoms with Gasteiger partial charge in [0.2, 0.25) is 0 Å². The second-order valence-corrected chi connectivity index (χ2v) is 6.44. The van der Waals surface area contributed by atoms with Crippen molar-refractivity contribution >= 4 is 0 Å². The summed E-state index contributed by atoms with van der Waals surface area (Å²) in [4.78, 5) is 0. The molecule has 1 aliphatic rings. The highest BCUT2D eigenvalue weighted by atomic mass is 15.1. The predicted molar refractivity (Wildman–Crippen MR) is 77.3 cm³/mol. The number of benzene rings is 1. The van der Waals surface area contributed by atoms with Crippen molar-refractivity contribution in [3.05, 3.63) is 35.9 Å². The smallest absolute Gasteiger partial charge is 0.0576 e. The summed E-state index contributed by atoms with van der Waals surface area (Å²) < 4.78 is 0. The van der Waals surface area contributed by atoms with Crippen molar-refractivity contribution in [3.8, 4) is 0 Å². The van der Waals surface area contributed by atoms with E-state index in [4.69, 9.17) is 0 Å². The van der Waals surface area contributed by atoms with Crippen LogP contribution in [0.1, 0.15) is 45.6 Å². The Morgan fingerprint density at radius 1 is 1.17 bits per heavy atom. The first-order valence-electron chi connectivity index (χ1n) is 7.09. The second-order valence-electron chi connectivity index (χ2n) is 6.44. The molecule has 0 radical (unpaired) electrons. The molecular formula is C16H26N2. The van der Waals surface area contributed by atoms with Crippen LogP contribution in [0.25, 0.3) is 0 Å². The molecule has 2 unspecified atom stereocenters. The van der Waals surface area contributed by atoms with E-state index in [0.29, 0.717) is 17.6 Å². The third kappa shape index (κ3) is 3.82. The Morgan fingerprint density at radius 3 is 2.56 bits per heavy atom. The standard InChI is InChI=1S/C16H26N2/c1-16(2,3)14-10-7-11-15(18-14)17-12-13-8-5-4-6-9-13/h4-6,8-9,14-15,17-18H,7,10-12H2,1-3H3. The summed E-state index contributed by atoms with van der Waals surface area (Å²) in [6.07, 6.45) is 4.32. The maximum atomic E-state index is 3.75. The molecule has 1 aromatic carbocycles. The molecule has 1 aliphatic heterocycles. The highest BCUT2D eigenvalue weighted by Crippen LogP contribution is 2.27. The summed E-state index contributed by atoms with van der Waals surface area (Å²) in [5.74, 6) is 0. The van der Waals surface area contributed by atoms with E-state index in [0.717, 1.165) is 6.54 Å². The average molecular weight is 246 g/mol. The lowest BCUT2D eigenvalue weighted by Gasteiger charge is -2.39. The largest absolute Gasteiger partial charge is 0.299 e. The molecule has 2 rings (SSSR count). The second kappa shape index (κ2) is 5.85. The molecular weight excluding hydrogens is 220 g/mol. The number of rotatable bonds is 3. The number of hydrogen-bond donors (Lipinski definition) is 2. The Kier molecular flexibility index (Phi) is 4.41. The van der Waals surface area contributed by atoms with Crippen molar-refractivity contribution in [2.24, 2.45) is 5.41 Å². The van der Waals surface area contributed by atoms with Crippen molar-refractivity contribution in [2.75, 3.05) is 0 Å². The van der Waals surface area contributed by atoms with Crippen molar-refractivity contribution in [3.63, 3.8) is 0 Å². The van der Waals surface area contributed by atoms with Gasteiger partial charge in [-0.05, 0) is 30.2 Å². The van der Waals surface area contributed by atoms with Gasteiger partial charge in [-0.25, -0.2) is 0 Å². The molecule has 2 nitrogen and oxygen atoms in total. The van der Waals surface area contributed by atoms with E-state index in [9.17, 15) is 0 Å². The lowest BCUT2D eigenvalue weighted by molar-refractivity contribution is 0.176. The van der Waals surface area contributed by atoms with E-state index in [1.165, 1.54) is 24.8 Å². The molecule has 1 aromatic rings. The van der Waals surface area contributed by atoms with E-state index >= 15 is 0 Å². The van der Waals surface area contributed by atoms with Crippen LogP contribution >= 0.6 is 0 Å². The Balaban J connectivity index is 1.83. The van der Waals surface area contributed by atoms with Gasteiger partial charge >= 0.3 is 0 Å². The first kappa shape index (κ1) is 13.6. The molecule has 1 fully saturated rings. The van der Waals surface area contributed by atoms with Gasteiger partial charge in [0, 0.05) is 12.6 Å². The van der Waals surface area contributed by atoms with Gasteiger partial charge in [-0.2, -0.15) is 0 Å². The molecule has 0 amide bonds.